The van der Waals surface area contributed by atoms with Crippen LogP contribution >= 0.6 is 11.8 Å². The number of carbonyl (C=O) groups is 1. The molecule has 13 heteroatoms. The van der Waals surface area contributed by atoms with Crippen molar-refractivity contribution in [2.45, 2.75) is 23.0 Å². The van der Waals surface area contributed by atoms with Crippen LogP contribution in [0, 0.1) is 0 Å². The minimum absolute atomic E-state index is 0.0110. The minimum atomic E-state index is -3.80. The highest BCUT2D eigenvalue weighted by Gasteiger charge is 2.14. The van der Waals surface area contributed by atoms with E-state index < -0.39 is 10.0 Å². The first-order valence-corrected chi connectivity index (χ1v) is 14.5. The molecule has 0 saturated heterocycles. The highest BCUT2D eigenvalue weighted by atomic mass is 32.2. The van der Waals surface area contributed by atoms with E-state index in [-0.39, 0.29) is 28.7 Å². The molecule has 0 spiro atoms. The maximum atomic E-state index is 13.3. The Balaban J connectivity index is 1.47. The number of rotatable bonds is 11. The van der Waals surface area contributed by atoms with Crippen molar-refractivity contribution >= 4 is 44.8 Å². The van der Waals surface area contributed by atoms with Crippen LogP contribution in [-0.4, -0.2) is 50.1 Å². The minimum Gasteiger partial charge on any atom is -0.493 e. The van der Waals surface area contributed by atoms with E-state index in [0.717, 1.165) is 17.3 Å². The summed E-state index contributed by atoms with van der Waals surface area (Å²) in [6, 6.07) is 18.4. The maximum Gasteiger partial charge on any atom is 0.262 e. The number of para-hydroxylation sites is 1. The van der Waals surface area contributed by atoms with Gasteiger partial charge in [0.05, 0.1) is 42.0 Å². The molecule has 208 valence electrons. The van der Waals surface area contributed by atoms with Gasteiger partial charge in [-0.3, -0.25) is 14.2 Å². The van der Waals surface area contributed by atoms with Crippen molar-refractivity contribution in [1.29, 1.82) is 0 Å². The van der Waals surface area contributed by atoms with E-state index in [0.29, 0.717) is 39.5 Å². The van der Waals surface area contributed by atoms with Crippen molar-refractivity contribution in [2.75, 3.05) is 20.0 Å². The molecule has 0 unspecified atom stereocenters. The summed E-state index contributed by atoms with van der Waals surface area (Å²) >= 11 is 1.12. The molecule has 0 saturated carbocycles. The fourth-order valence-electron chi connectivity index (χ4n) is 3.82. The van der Waals surface area contributed by atoms with Gasteiger partial charge in [-0.15, -0.1) is 0 Å². The van der Waals surface area contributed by atoms with Crippen molar-refractivity contribution in [3.63, 3.8) is 0 Å². The number of aryl methyl sites for hydroxylation is 1. The smallest absolute Gasteiger partial charge is 0.262 e. The summed E-state index contributed by atoms with van der Waals surface area (Å²) in [6.45, 7) is 0.271. The fourth-order valence-corrected chi connectivity index (χ4v) is 5.15. The van der Waals surface area contributed by atoms with Crippen LogP contribution in [-0.2, 0) is 27.8 Å². The van der Waals surface area contributed by atoms with Gasteiger partial charge >= 0.3 is 0 Å². The van der Waals surface area contributed by atoms with Crippen molar-refractivity contribution in [3.05, 3.63) is 88.2 Å². The molecule has 0 aliphatic carbocycles. The molecular weight excluding hydrogens is 554 g/mol. The van der Waals surface area contributed by atoms with Crippen molar-refractivity contribution in [2.24, 2.45) is 10.2 Å². The summed E-state index contributed by atoms with van der Waals surface area (Å²) in [5, 5.41) is 10.0. The Hall–Kier alpha value is -4.20. The van der Waals surface area contributed by atoms with E-state index in [1.54, 1.807) is 61.7 Å². The first-order valence-electron chi connectivity index (χ1n) is 12.0. The van der Waals surface area contributed by atoms with Gasteiger partial charge in [-0.05, 0) is 60.0 Å². The van der Waals surface area contributed by atoms with Crippen LogP contribution in [0.4, 0.5) is 0 Å². The average molecular weight is 582 g/mol. The Morgan fingerprint density at radius 3 is 2.50 bits per heavy atom. The maximum absolute atomic E-state index is 13.3. The second-order valence-corrected chi connectivity index (χ2v) is 11.0. The molecule has 1 amide bonds. The summed E-state index contributed by atoms with van der Waals surface area (Å²) in [7, 11) is -0.723. The number of hydrogen-bond donors (Lipinski definition) is 2. The Morgan fingerprint density at radius 2 is 1.80 bits per heavy atom. The van der Waals surface area contributed by atoms with Gasteiger partial charge < -0.3 is 9.47 Å². The number of benzene rings is 3. The number of carbonyl (C=O) groups excluding carboxylic acids is 1. The fraction of sp³-hybridized carbons (Fsp3) is 0.185. The number of nitrogens with two attached hydrogens (primary N) is 1. The summed E-state index contributed by atoms with van der Waals surface area (Å²) in [4.78, 5) is 30.4. The molecule has 3 N–H and O–H groups in total. The van der Waals surface area contributed by atoms with Gasteiger partial charge in [0.2, 0.25) is 10.0 Å². The lowest BCUT2D eigenvalue weighted by Gasteiger charge is -2.13. The monoisotopic (exact) mass is 581 g/mol. The van der Waals surface area contributed by atoms with E-state index in [9.17, 15) is 18.0 Å². The lowest BCUT2D eigenvalue weighted by Crippen LogP contribution is -2.26. The molecule has 0 radical (unpaired) electrons. The number of aromatic nitrogens is 2. The molecule has 4 aromatic rings. The predicted octanol–water partition coefficient (Wildman–Crippen LogP) is 2.55. The Morgan fingerprint density at radius 1 is 1.07 bits per heavy atom. The predicted molar refractivity (Wildman–Crippen MR) is 154 cm³/mol. The molecule has 0 fully saturated rings. The number of nitrogens with one attached hydrogen (secondary N) is 1. The number of thioether (sulfide) groups is 1. The zero-order chi connectivity index (χ0) is 28.7. The quantitative estimate of drug-likeness (QED) is 0.119. The number of sulfonamides is 1. The SMILES string of the molecule is COc1ccc(/C=N/NC(=O)CSc2nc3ccccc3c(=O)n2CCc2ccc(S(N)(=O)=O)cc2)cc1OC. The second-order valence-electron chi connectivity index (χ2n) is 8.50. The number of fused-ring (bicyclic) bond motifs is 1. The van der Waals surface area contributed by atoms with Gasteiger partial charge in [0.15, 0.2) is 16.7 Å². The van der Waals surface area contributed by atoms with Crippen LogP contribution in [0.15, 0.2) is 86.7 Å². The van der Waals surface area contributed by atoms with Gasteiger partial charge in [0.1, 0.15) is 0 Å². The molecule has 0 aliphatic rings. The van der Waals surface area contributed by atoms with E-state index in [4.69, 9.17) is 14.6 Å². The highest BCUT2D eigenvalue weighted by molar-refractivity contribution is 7.99. The number of nitrogens with zero attached hydrogens (tertiary/aromatic N) is 3. The van der Waals surface area contributed by atoms with E-state index >= 15 is 0 Å². The molecule has 0 atom stereocenters. The van der Waals surface area contributed by atoms with Crippen LogP contribution in [0.3, 0.4) is 0 Å². The summed E-state index contributed by atoms with van der Waals surface area (Å²) < 4.78 is 35.0. The molecule has 1 aromatic heterocycles. The molecule has 0 bridgehead atoms. The molecule has 4 rings (SSSR count). The molecular formula is C27H27N5O6S2. The van der Waals surface area contributed by atoms with Crippen LogP contribution in [0.2, 0.25) is 0 Å². The largest absolute Gasteiger partial charge is 0.493 e. The molecule has 11 nitrogen and oxygen atoms in total. The number of amides is 1. The van der Waals surface area contributed by atoms with Crippen molar-refractivity contribution in [1.82, 2.24) is 15.0 Å². The number of methoxy groups -OCH3 is 2. The number of ether oxygens (including phenoxy) is 2. The standard InChI is InChI=1S/C27H27N5O6S2/c1-37-23-12-9-19(15-24(23)38-2)16-29-31-25(33)17-39-27-30-22-6-4-3-5-21(22)26(34)32(27)14-13-18-7-10-20(11-8-18)40(28,35)36/h3-12,15-16H,13-14,17H2,1-2H3,(H,31,33)(H2,28,35,36)/b29-16+. The normalized spacial score (nSPS) is 11.6. The van der Waals surface area contributed by atoms with Crippen molar-refractivity contribution < 1.29 is 22.7 Å². The number of hydrogen-bond acceptors (Lipinski definition) is 9. The van der Waals surface area contributed by atoms with Crippen LogP contribution in [0.25, 0.3) is 10.9 Å². The number of primary sulfonamides is 1. The van der Waals surface area contributed by atoms with Gasteiger partial charge in [-0.25, -0.2) is 24.0 Å². The van der Waals surface area contributed by atoms with Crippen LogP contribution in [0.5, 0.6) is 11.5 Å². The number of hydrazone groups is 1. The first-order chi connectivity index (χ1) is 19.2. The Kier molecular flexibility index (Phi) is 9.19. The van der Waals surface area contributed by atoms with Gasteiger partial charge in [0, 0.05) is 6.54 Å². The Bertz CT molecular complexity index is 1720. The third-order valence-corrected chi connectivity index (χ3v) is 7.75. The molecule has 0 aliphatic heterocycles. The molecule has 3 aromatic carbocycles. The lowest BCUT2D eigenvalue weighted by molar-refractivity contribution is -0.118. The first kappa shape index (κ1) is 28.8. The molecule has 40 heavy (non-hydrogen) atoms. The summed E-state index contributed by atoms with van der Waals surface area (Å²) in [5.41, 5.74) is 4.28. The third kappa shape index (κ3) is 7.05. The summed E-state index contributed by atoms with van der Waals surface area (Å²) in [6.07, 6.45) is 1.91. The van der Waals surface area contributed by atoms with E-state index in [1.165, 1.54) is 30.0 Å². The topological polar surface area (TPSA) is 155 Å². The average Bonchev–Trinajstić information content (AvgIpc) is 2.95. The summed E-state index contributed by atoms with van der Waals surface area (Å²) in [5.74, 6) is 0.703. The van der Waals surface area contributed by atoms with Crippen molar-refractivity contribution in [3.8, 4) is 11.5 Å². The van der Waals surface area contributed by atoms with E-state index in [1.807, 2.05) is 0 Å². The zero-order valence-corrected chi connectivity index (χ0v) is 23.4. The molecule has 1 heterocycles. The van der Waals surface area contributed by atoms with Gasteiger partial charge in [-0.2, -0.15) is 5.10 Å². The van der Waals surface area contributed by atoms with Crippen LogP contribution < -0.4 is 25.6 Å². The van der Waals surface area contributed by atoms with E-state index in [2.05, 4.69) is 15.5 Å². The van der Waals surface area contributed by atoms with Gasteiger partial charge in [-0.1, -0.05) is 36.0 Å². The zero-order valence-electron chi connectivity index (χ0n) is 21.7. The lowest BCUT2D eigenvalue weighted by atomic mass is 10.1. The van der Waals surface area contributed by atoms with Gasteiger partial charge in [0.25, 0.3) is 11.5 Å². The third-order valence-electron chi connectivity index (χ3n) is 5.85. The highest BCUT2D eigenvalue weighted by Crippen LogP contribution is 2.27. The van der Waals surface area contributed by atoms with Crippen LogP contribution in [0.1, 0.15) is 11.1 Å². The second kappa shape index (κ2) is 12.8. The Labute approximate surface area is 235 Å².